The van der Waals surface area contributed by atoms with Crippen LogP contribution < -0.4 is 4.65 Å². The van der Waals surface area contributed by atoms with Gasteiger partial charge in [0, 0.05) is 0 Å². The zero-order chi connectivity index (χ0) is 13.3. The molecule has 0 aliphatic rings. The highest BCUT2D eigenvalue weighted by molar-refractivity contribution is 6.33. The van der Waals surface area contributed by atoms with Gasteiger partial charge >= 0.3 is 7.32 Å². The molecule has 0 spiro atoms. The van der Waals surface area contributed by atoms with Crippen LogP contribution in [-0.4, -0.2) is 17.4 Å². The summed E-state index contributed by atoms with van der Waals surface area (Å²) in [5.41, 5.74) is 1.39. The monoisotopic (exact) mass is 244 g/mol. The third-order valence-corrected chi connectivity index (χ3v) is 2.92. The molecule has 0 saturated carbocycles. The zero-order valence-corrected chi connectivity index (χ0v) is 10.8. The Morgan fingerprint density at radius 1 is 0.944 bits per heavy atom. The van der Waals surface area contributed by atoms with Crippen molar-refractivity contribution in [3.8, 4) is 5.75 Å². The van der Waals surface area contributed by atoms with Crippen LogP contribution in [0.4, 0.5) is 0 Å². The van der Waals surface area contributed by atoms with Crippen molar-refractivity contribution in [3.05, 3.63) is 42.0 Å². The highest BCUT2D eigenvalue weighted by Crippen LogP contribution is 2.28. The van der Waals surface area contributed by atoms with Crippen LogP contribution in [0.15, 0.2) is 36.4 Å². The molecule has 0 fully saturated rings. The van der Waals surface area contributed by atoms with Crippen molar-refractivity contribution >= 4 is 18.1 Å². The zero-order valence-electron chi connectivity index (χ0n) is 10.8. The molecule has 94 valence electrons. The summed E-state index contributed by atoms with van der Waals surface area (Å²) < 4.78 is 4.83. The molecular weight excluding hydrogens is 227 g/mol. The Labute approximate surface area is 107 Å². The van der Waals surface area contributed by atoms with Gasteiger partial charge in [0.1, 0.15) is 5.75 Å². The molecule has 0 heterocycles. The first kappa shape index (κ1) is 12.9. The Kier molecular flexibility index (Phi) is 3.33. The topological polar surface area (TPSA) is 49.7 Å². The second-order valence-electron chi connectivity index (χ2n) is 5.42. The van der Waals surface area contributed by atoms with Gasteiger partial charge in [-0.25, -0.2) is 0 Å². The van der Waals surface area contributed by atoms with E-state index < -0.39 is 7.32 Å². The Morgan fingerprint density at radius 2 is 1.56 bits per heavy atom. The van der Waals surface area contributed by atoms with Gasteiger partial charge in [0.05, 0.1) is 0 Å². The highest BCUT2D eigenvalue weighted by Gasteiger charge is 2.14. The van der Waals surface area contributed by atoms with Crippen LogP contribution in [0.25, 0.3) is 10.8 Å². The first-order valence-corrected chi connectivity index (χ1v) is 5.93. The van der Waals surface area contributed by atoms with E-state index >= 15 is 0 Å². The lowest BCUT2D eigenvalue weighted by molar-refractivity contribution is 0.288. The quantitative estimate of drug-likeness (QED) is 0.798. The summed E-state index contributed by atoms with van der Waals surface area (Å²) in [6, 6.07) is 11.7. The van der Waals surface area contributed by atoms with Crippen molar-refractivity contribution in [1.82, 2.24) is 0 Å². The minimum atomic E-state index is -1.78. The Balaban J connectivity index is 2.42. The molecule has 0 atom stereocenters. The van der Waals surface area contributed by atoms with E-state index in [0.29, 0.717) is 5.75 Å². The summed E-state index contributed by atoms with van der Waals surface area (Å²) in [6.45, 7) is 6.52. The Hall–Kier alpha value is -1.52. The summed E-state index contributed by atoms with van der Waals surface area (Å²) in [7, 11) is -1.78. The Morgan fingerprint density at radius 3 is 2.17 bits per heavy atom. The van der Waals surface area contributed by atoms with E-state index in [0.717, 1.165) is 10.8 Å². The van der Waals surface area contributed by atoms with E-state index in [-0.39, 0.29) is 5.41 Å². The summed E-state index contributed by atoms with van der Waals surface area (Å²) in [5, 5.41) is 19.7. The van der Waals surface area contributed by atoms with Crippen LogP contribution in [0.1, 0.15) is 26.3 Å². The maximum Gasteiger partial charge on any atom is 0.707 e. The molecule has 18 heavy (non-hydrogen) atoms. The van der Waals surface area contributed by atoms with Crippen molar-refractivity contribution in [1.29, 1.82) is 0 Å². The minimum Gasteiger partial charge on any atom is -0.512 e. The molecule has 3 nitrogen and oxygen atoms in total. The summed E-state index contributed by atoms with van der Waals surface area (Å²) in [4.78, 5) is 0. The highest BCUT2D eigenvalue weighted by atomic mass is 16.6. The molecule has 0 bridgehead atoms. The normalized spacial score (nSPS) is 11.6. The molecule has 0 saturated heterocycles. The average Bonchev–Trinajstić information content (AvgIpc) is 2.26. The van der Waals surface area contributed by atoms with E-state index in [1.54, 1.807) is 12.1 Å². The summed E-state index contributed by atoms with van der Waals surface area (Å²) >= 11 is 0. The molecule has 0 aromatic heterocycles. The van der Waals surface area contributed by atoms with Crippen LogP contribution in [0.3, 0.4) is 0 Å². The third kappa shape index (κ3) is 2.83. The molecule has 0 amide bonds. The second-order valence-corrected chi connectivity index (χ2v) is 5.42. The van der Waals surface area contributed by atoms with Crippen molar-refractivity contribution in [3.63, 3.8) is 0 Å². The number of rotatable bonds is 2. The SMILES string of the molecule is CC(C)(C)c1ccc2cc(OB(O)O)ccc2c1. The van der Waals surface area contributed by atoms with E-state index in [1.807, 2.05) is 12.1 Å². The fourth-order valence-corrected chi connectivity index (χ4v) is 1.89. The molecule has 2 N–H and O–H groups in total. The van der Waals surface area contributed by atoms with Gasteiger partial charge < -0.3 is 14.7 Å². The van der Waals surface area contributed by atoms with Gasteiger partial charge in [-0.15, -0.1) is 0 Å². The van der Waals surface area contributed by atoms with Crippen molar-refractivity contribution in [2.24, 2.45) is 0 Å². The maximum atomic E-state index is 8.76. The molecule has 4 heteroatoms. The molecule has 0 aliphatic carbocycles. The third-order valence-electron chi connectivity index (χ3n) is 2.92. The molecule has 2 rings (SSSR count). The van der Waals surface area contributed by atoms with Gasteiger partial charge in [-0.05, 0) is 33.9 Å². The van der Waals surface area contributed by atoms with Crippen LogP contribution in [0, 0.1) is 0 Å². The van der Waals surface area contributed by atoms with E-state index in [9.17, 15) is 0 Å². The van der Waals surface area contributed by atoms with E-state index in [2.05, 4.69) is 32.9 Å². The number of hydrogen-bond acceptors (Lipinski definition) is 3. The standard InChI is InChI=1S/C14H17BO3/c1-14(2,3)12-6-4-11-9-13(18-15(16)17)7-5-10(11)8-12/h4-9,16-17H,1-3H3. The van der Waals surface area contributed by atoms with Crippen LogP contribution >= 0.6 is 0 Å². The van der Waals surface area contributed by atoms with Gasteiger partial charge in [-0.3, -0.25) is 0 Å². The molecule has 0 aliphatic heterocycles. The summed E-state index contributed by atoms with van der Waals surface area (Å²) in [6.07, 6.45) is 0. The predicted octanol–water partition coefficient (Wildman–Crippen LogP) is 2.49. The maximum absolute atomic E-state index is 8.76. The first-order chi connectivity index (χ1) is 8.36. The molecular formula is C14H17BO3. The minimum absolute atomic E-state index is 0.116. The largest absolute Gasteiger partial charge is 0.707 e. The van der Waals surface area contributed by atoms with Gasteiger partial charge in [0.25, 0.3) is 0 Å². The van der Waals surface area contributed by atoms with Crippen molar-refractivity contribution in [2.45, 2.75) is 26.2 Å². The lowest BCUT2D eigenvalue weighted by atomic mass is 9.86. The molecule has 0 unspecified atom stereocenters. The van der Waals surface area contributed by atoms with Gasteiger partial charge in [0.15, 0.2) is 0 Å². The molecule has 0 radical (unpaired) electrons. The first-order valence-electron chi connectivity index (χ1n) is 5.93. The fraction of sp³-hybridized carbons (Fsp3) is 0.286. The lowest BCUT2D eigenvalue weighted by Crippen LogP contribution is -2.20. The fourth-order valence-electron chi connectivity index (χ4n) is 1.89. The van der Waals surface area contributed by atoms with Crippen LogP contribution in [0.5, 0.6) is 5.75 Å². The number of fused-ring (bicyclic) bond motifs is 1. The summed E-state index contributed by atoms with van der Waals surface area (Å²) in [5.74, 6) is 0.445. The van der Waals surface area contributed by atoms with Gasteiger partial charge in [-0.2, -0.15) is 0 Å². The second kappa shape index (κ2) is 4.63. The smallest absolute Gasteiger partial charge is 0.512 e. The molecule has 2 aromatic carbocycles. The van der Waals surface area contributed by atoms with E-state index in [4.69, 9.17) is 14.7 Å². The van der Waals surface area contributed by atoms with Crippen molar-refractivity contribution in [2.75, 3.05) is 0 Å². The Bertz CT molecular complexity index is 558. The number of benzene rings is 2. The number of hydrogen-bond donors (Lipinski definition) is 2. The van der Waals surface area contributed by atoms with Crippen LogP contribution in [0.2, 0.25) is 0 Å². The molecule has 2 aromatic rings. The van der Waals surface area contributed by atoms with Crippen LogP contribution in [-0.2, 0) is 5.41 Å². The van der Waals surface area contributed by atoms with Gasteiger partial charge in [-0.1, -0.05) is 45.0 Å². The van der Waals surface area contributed by atoms with Crippen molar-refractivity contribution < 1.29 is 14.7 Å². The average molecular weight is 244 g/mol. The predicted molar refractivity (Wildman–Crippen MR) is 73.5 cm³/mol. The van der Waals surface area contributed by atoms with Gasteiger partial charge in [0.2, 0.25) is 0 Å². The van der Waals surface area contributed by atoms with E-state index in [1.165, 1.54) is 5.56 Å². The lowest BCUT2D eigenvalue weighted by Gasteiger charge is -2.19.